The number of fused-ring (bicyclic) bond motifs is 1. The highest BCUT2D eigenvalue weighted by atomic mass is 15.3. The van der Waals surface area contributed by atoms with Crippen molar-refractivity contribution in [1.29, 1.82) is 0 Å². The largest absolute Gasteiger partial charge is 0.338 e. The number of hydrogen-bond acceptors (Lipinski definition) is 3. The molecule has 10 heavy (non-hydrogen) atoms. The lowest BCUT2D eigenvalue weighted by Gasteiger charge is -1.89. The van der Waals surface area contributed by atoms with Gasteiger partial charge in [0, 0.05) is 6.20 Å². The Kier molecular flexibility index (Phi) is 0.887. The van der Waals surface area contributed by atoms with Crippen LogP contribution in [0.2, 0.25) is 0 Å². The topological polar surface area (TPSA) is 56.7 Å². The summed E-state index contributed by atoms with van der Waals surface area (Å²) in [5, 5.41) is 0. The average Bonchev–Trinajstić information content (AvgIpc) is 2.34. The van der Waals surface area contributed by atoms with E-state index in [2.05, 4.69) is 9.97 Å². The summed E-state index contributed by atoms with van der Waals surface area (Å²) >= 11 is 0. The first-order valence-electron chi connectivity index (χ1n) is 2.90. The highest BCUT2D eigenvalue weighted by Gasteiger charge is 1.95. The maximum atomic E-state index is 5.49. The molecule has 0 aliphatic heterocycles. The Balaban J connectivity index is 2.93. The number of pyridine rings is 1. The molecule has 2 N–H and O–H groups in total. The van der Waals surface area contributed by atoms with Crippen LogP contribution in [0.4, 0.5) is 0 Å². The molecular weight excluding hydrogens is 128 g/mol. The maximum absolute atomic E-state index is 5.49. The van der Waals surface area contributed by atoms with Gasteiger partial charge in [-0.15, -0.1) is 0 Å². The lowest BCUT2D eigenvalue weighted by molar-refractivity contribution is 1.03. The molecule has 0 saturated carbocycles. The van der Waals surface area contributed by atoms with Crippen LogP contribution in [0.5, 0.6) is 0 Å². The second-order valence-corrected chi connectivity index (χ2v) is 2.02. The molecule has 0 amide bonds. The summed E-state index contributed by atoms with van der Waals surface area (Å²) in [4.78, 5) is 7.92. The van der Waals surface area contributed by atoms with Gasteiger partial charge in [0.25, 0.3) is 0 Å². The molecule has 4 nitrogen and oxygen atoms in total. The Labute approximate surface area is 57.3 Å². The van der Waals surface area contributed by atoms with Gasteiger partial charge < -0.3 is 5.84 Å². The minimum absolute atomic E-state index is 0.850. The molecule has 2 heterocycles. The summed E-state index contributed by atoms with van der Waals surface area (Å²) < 4.78 is 1.45. The van der Waals surface area contributed by atoms with Crippen molar-refractivity contribution in [2.45, 2.75) is 0 Å². The Morgan fingerprint density at radius 1 is 1.50 bits per heavy atom. The molecule has 2 rings (SSSR count). The minimum atomic E-state index is 0.850. The van der Waals surface area contributed by atoms with E-state index in [1.54, 1.807) is 18.7 Å². The van der Waals surface area contributed by atoms with Gasteiger partial charge in [-0.1, -0.05) is 0 Å². The second kappa shape index (κ2) is 1.70. The Bertz CT molecular complexity index is 351. The van der Waals surface area contributed by atoms with Gasteiger partial charge in [0.15, 0.2) is 0 Å². The fourth-order valence-corrected chi connectivity index (χ4v) is 0.873. The number of aromatic nitrogens is 3. The molecule has 0 aliphatic rings. The zero-order valence-electron chi connectivity index (χ0n) is 5.23. The lowest BCUT2D eigenvalue weighted by Crippen LogP contribution is -2.04. The van der Waals surface area contributed by atoms with Crippen molar-refractivity contribution >= 4 is 11.0 Å². The van der Waals surface area contributed by atoms with Gasteiger partial charge in [-0.3, -0.25) is 4.98 Å². The third-order valence-electron chi connectivity index (χ3n) is 1.38. The fourth-order valence-electron chi connectivity index (χ4n) is 0.873. The number of nitrogen functional groups attached to an aromatic ring is 1. The third-order valence-corrected chi connectivity index (χ3v) is 1.38. The molecule has 0 saturated heterocycles. The molecule has 2 aromatic heterocycles. The number of rotatable bonds is 0. The van der Waals surface area contributed by atoms with Gasteiger partial charge in [-0.25, -0.2) is 9.66 Å². The molecule has 0 aliphatic carbocycles. The van der Waals surface area contributed by atoms with E-state index in [9.17, 15) is 0 Å². The predicted molar refractivity (Wildman–Crippen MR) is 37.7 cm³/mol. The molecule has 4 heteroatoms. The molecular formula is C6H6N4. The van der Waals surface area contributed by atoms with Gasteiger partial charge in [-0.05, 0) is 6.07 Å². The normalized spacial score (nSPS) is 10.4. The van der Waals surface area contributed by atoms with Crippen LogP contribution in [-0.4, -0.2) is 14.6 Å². The molecule has 0 aromatic carbocycles. The van der Waals surface area contributed by atoms with Gasteiger partial charge in [0.05, 0.1) is 11.7 Å². The van der Waals surface area contributed by atoms with Crippen LogP contribution in [0, 0.1) is 0 Å². The van der Waals surface area contributed by atoms with Gasteiger partial charge in [0.2, 0.25) is 0 Å². The number of hydrogen-bond donors (Lipinski definition) is 1. The molecule has 2 aromatic rings. The molecule has 0 unspecified atom stereocenters. The summed E-state index contributed by atoms with van der Waals surface area (Å²) in [6, 6.07) is 1.82. The first kappa shape index (κ1) is 5.22. The monoisotopic (exact) mass is 134 g/mol. The summed E-state index contributed by atoms with van der Waals surface area (Å²) in [5.74, 6) is 5.49. The lowest BCUT2D eigenvalue weighted by atomic mass is 10.4. The summed E-state index contributed by atoms with van der Waals surface area (Å²) in [5.41, 5.74) is 1.72. The van der Waals surface area contributed by atoms with Crippen molar-refractivity contribution in [2.24, 2.45) is 0 Å². The van der Waals surface area contributed by atoms with E-state index in [1.165, 1.54) is 4.68 Å². The number of nitrogens with zero attached hydrogens (tertiary/aromatic N) is 3. The molecule has 50 valence electrons. The van der Waals surface area contributed by atoms with Crippen molar-refractivity contribution < 1.29 is 0 Å². The van der Waals surface area contributed by atoms with E-state index in [0.717, 1.165) is 11.0 Å². The van der Waals surface area contributed by atoms with Crippen LogP contribution >= 0.6 is 0 Å². The smallest absolute Gasteiger partial charge is 0.115 e. The van der Waals surface area contributed by atoms with Crippen molar-refractivity contribution in [3.63, 3.8) is 0 Å². The fraction of sp³-hybridized carbons (Fsp3) is 0. The summed E-state index contributed by atoms with van der Waals surface area (Å²) in [6.07, 6.45) is 4.93. The first-order chi connectivity index (χ1) is 4.88. The van der Waals surface area contributed by atoms with Crippen molar-refractivity contribution in [2.75, 3.05) is 5.84 Å². The Morgan fingerprint density at radius 2 is 2.40 bits per heavy atom. The van der Waals surface area contributed by atoms with Crippen LogP contribution in [0.15, 0.2) is 24.8 Å². The molecule has 0 radical (unpaired) electrons. The van der Waals surface area contributed by atoms with Crippen molar-refractivity contribution in [3.8, 4) is 0 Å². The predicted octanol–water partition coefficient (Wildman–Crippen LogP) is 0.145. The van der Waals surface area contributed by atoms with Gasteiger partial charge in [-0.2, -0.15) is 0 Å². The summed E-state index contributed by atoms with van der Waals surface area (Å²) in [7, 11) is 0. The van der Waals surface area contributed by atoms with Crippen molar-refractivity contribution in [1.82, 2.24) is 14.6 Å². The standard InChI is InChI=1S/C6H6N4/c7-10-4-9-5-1-2-8-3-6(5)10/h1-4H,7H2. The van der Waals surface area contributed by atoms with E-state index in [4.69, 9.17) is 5.84 Å². The average molecular weight is 134 g/mol. The highest BCUT2D eigenvalue weighted by Crippen LogP contribution is 2.05. The molecule has 0 bridgehead atoms. The molecule has 0 atom stereocenters. The number of imidazole rings is 1. The van der Waals surface area contributed by atoms with Crippen LogP contribution in [0.3, 0.4) is 0 Å². The van der Waals surface area contributed by atoms with Gasteiger partial charge >= 0.3 is 0 Å². The van der Waals surface area contributed by atoms with Gasteiger partial charge in [0.1, 0.15) is 11.8 Å². The van der Waals surface area contributed by atoms with Crippen LogP contribution in [0.1, 0.15) is 0 Å². The minimum Gasteiger partial charge on any atom is -0.338 e. The van der Waals surface area contributed by atoms with Crippen LogP contribution in [0.25, 0.3) is 11.0 Å². The second-order valence-electron chi connectivity index (χ2n) is 2.02. The van der Waals surface area contributed by atoms with E-state index in [1.807, 2.05) is 6.07 Å². The van der Waals surface area contributed by atoms with E-state index in [0.29, 0.717) is 0 Å². The van der Waals surface area contributed by atoms with E-state index < -0.39 is 0 Å². The third kappa shape index (κ3) is 0.556. The van der Waals surface area contributed by atoms with Crippen LogP contribution in [-0.2, 0) is 0 Å². The van der Waals surface area contributed by atoms with Crippen LogP contribution < -0.4 is 5.84 Å². The Hall–Kier alpha value is -1.58. The molecule has 0 spiro atoms. The first-order valence-corrected chi connectivity index (χ1v) is 2.90. The van der Waals surface area contributed by atoms with E-state index >= 15 is 0 Å². The molecule has 0 fully saturated rings. The van der Waals surface area contributed by atoms with E-state index in [-0.39, 0.29) is 0 Å². The highest BCUT2D eigenvalue weighted by molar-refractivity contribution is 5.73. The zero-order valence-corrected chi connectivity index (χ0v) is 5.23. The quantitative estimate of drug-likeness (QED) is 0.521. The Morgan fingerprint density at radius 3 is 3.20 bits per heavy atom. The number of nitrogens with two attached hydrogens (primary N) is 1. The SMILES string of the molecule is Nn1cnc2ccncc21. The van der Waals surface area contributed by atoms with Crippen molar-refractivity contribution in [3.05, 3.63) is 24.8 Å². The zero-order chi connectivity index (χ0) is 6.97. The maximum Gasteiger partial charge on any atom is 0.115 e. The summed E-state index contributed by atoms with van der Waals surface area (Å²) in [6.45, 7) is 0.